The number of hydrogen-bond acceptors (Lipinski definition) is 7. The van der Waals surface area contributed by atoms with Crippen molar-refractivity contribution in [2.24, 2.45) is 7.05 Å². The Kier molecular flexibility index (Phi) is 4.71. The minimum atomic E-state index is -0.116. The van der Waals surface area contributed by atoms with Crippen LogP contribution in [0.25, 0.3) is 11.4 Å². The largest absolute Gasteiger partial charge is 0.497 e. The highest BCUT2D eigenvalue weighted by Gasteiger charge is 2.39. The monoisotopic (exact) mass is 405 g/mol. The molecule has 30 heavy (non-hydrogen) atoms. The van der Waals surface area contributed by atoms with Gasteiger partial charge in [0.25, 0.3) is 5.56 Å². The van der Waals surface area contributed by atoms with Crippen molar-refractivity contribution >= 4 is 5.95 Å². The first-order valence-corrected chi connectivity index (χ1v) is 10.0. The molecule has 0 bridgehead atoms. The molecular weight excluding hydrogens is 382 g/mol. The number of anilines is 1. The normalized spacial score (nSPS) is 20.4. The SMILES string of the molecule is COc1ccc2c(c1)[C@@H]1OCCN(c3nc(-c4ccncn4)cc(=O)n3C)[C@H]1CC2. The first-order chi connectivity index (χ1) is 14.7. The predicted molar refractivity (Wildman–Crippen MR) is 112 cm³/mol. The van der Waals surface area contributed by atoms with Crippen LogP contribution in [0.2, 0.25) is 0 Å². The summed E-state index contributed by atoms with van der Waals surface area (Å²) in [6, 6.07) is 9.56. The Bertz CT molecular complexity index is 1130. The smallest absolute Gasteiger partial charge is 0.255 e. The van der Waals surface area contributed by atoms with Gasteiger partial charge in [-0.25, -0.2) is 15.0 Å². The van der Waals surface area contributed by atoms with Gasteiger partial charge >= 0.3 is 0 Å². The van der Waals surface area contributed by atoms with Gasteiger partial charge < -0.3 is 14.4 Å². The van der Waals surface area contributed by atoms with Crippen molar-refractivity contribution in [3.05, 3.63) is 64.3 Å². The Morgan fingerprint density at radius 2 is 2.10 bits per heavy atom. The molecule has 0 unspecified atom stereocenters. The van der Waals surface area contributed by atoms with Gasteiger partial charge in [0.2, 0.25) is 5.95 Å². The molecule has 0 saturated carbocycles. The highest BCUT2D eigenvalue weighted by atomic mass is 16.5. The molecule has 8 heteroatoms. The summed E-state index contributed by atoms with van der Waals surface area (Å²) in [4.78, 5) is 28.0. The molecule has 0 radical (unpaired) electrons. The summed E-state index contributed by atoms with van der Waals surface area (Å²) in [5.74, 6) is 1.46. The summed E-state index contributed by atoms with van der Waals surface area (Å²) in [6.45, 7) is 1.24. The van der Waals surface area contributed by atoms with E-state index in [1.807, 2.05) is 6.07 Å². The third kappa shape index (κ3) is 3.13. The Morgan fingerprint density at radius 3 is 2.90 bits per heavy atom. The van der Waals surface area contributed by atoms with Crippen molar-refractivity contribution in [3.63, 3.8) is 0 Å². The first kappa shape index (κ1) is 18.7. The quantitative estimate of drug-likeness (QED) is 0.660. The highest BCUT2D eigenvalue weighted by Crippen LogP contribution is 2.40. The Labute approximate surface area is 174 Å². The van der Waals surface area contributed by atoms with Crippen LogP contribution in [0.15, 0.2) is 47.7 Å². The van der Waals surface area contributed by atoms with Crippen LogP contribution < -0.4 is 15.2 Å². The van der Waals surface area contributed by atoms with E-state index in [4.69, 9.17) is 14.5 Å². The molecule has 8 nitrogen and oxygen atoms in total. The number of ether oxygens (including phenoxy) is 2. The molecule has 1 saturated heterocycles. The Hall–Kier alpha value is -3.26. The molecule has 0 amide bonds. The predicted octanol–water partition coefficient (Wildman–Crippen LogP) is 2.14. The number of morpholine rings is 1. The molecule has 2 atom stereocenters. The molecule has 2 aliphatic rings. The van der Waals surface area contributed by atoms with E-state index in [2.05, 4.69) is 27.0 Å². The van der Waals surface area contributed by atoms with E-state index < -0.39 is 0 Å². The zero-order chi connectivity index (χ0) is 20.7. The van der Waals surface area contributed by atoms with E-state index in [9.17, 15) is 4.79 Å². The molecule has 3 heterocycles. The minimum absolute atomic E-state index is 0.0859. The maximum Gasteiger partial charge on any atom is 0.255 e. The van der Waals surface area contributed by atoms with Crippen molar-refractivity contribution in [1.82, 2.24) is 19.5 Å². The van der Waals surface area contributed by atoms with Crippen LogP contribution in [0.4, 0.5) is 5.95 Å². The highest BCUT2D eigenvalue weighted by molar-refractivity contribution is 5.55. The van der Waals surface area contributed by atoms with Crippen LogP contribution in [-0.2, 0) is 18.2 Å². The number of fused-ring (bicyclic) bond motifs is 3. The average Bonchev–Trinajstić information content (AvgIpc) is 2.80. The standard InChI is InChI=1S/C22H23N5O3/c1-26-20(28)12-18(17-7-8-23-13-24-17)25-22(26)27-9-10-30-21-16-11-15(29-2)5-3-14(16)4-6-19(21)27/h3,5,7-8,11-13,19,21H,4,6,9-10H2,1-2H3/t19-,21-/m0/s1. The molecule has 1 aliphatic heterocycles. The molecule has 0 spiro atoms. The maximum atomic E-state index is 12.7. The van der Waals surface area contributed by atoms with E-state index in [-0.39, 0.29) is 17.7 Å². The number of aryl methyl sites for hydroxylation is 1. The van der Waals surface area contributed by atoms with Crippen LogP contribution in [0.5, 0.6) is 5.75 Å². The lowest BCUT2D eigenvalue weighted by Gasteiger charge is -2.45. The number of methoxy groups -OCH3 is 1. The van der Waals surface area contributed by atoms with Gasteiger partial charge in [-0.15, -0.1) is 0 Å². The Balaban J connectivity index is 1.56. The second-order valence-corrected chi connectivity index (χ2v) is 7.59. The first-order valence-electron chi connectivity index (χ1n) is 10.0. The summed E-state index contributed by atoms with van der Waals surface area (Å²) in [5, 5.41) is 0. The molecule has 0 N–H and O–H groups in total. The van der Waals surface area contributed by atoms with Crippen LogP contribution in [0, 0.1) is 0 Å². The number of benzene rings is 1. The maximum absolute atomic E-state index is 12.7. The Morgan fingerprint density at radius 1 is 1.20 bits per heavy atom. The molecular formula is C22H23N5O3. The third-order valence-electron chi connectivity index (χ3n) is 5.96. The van der Waals surface area contributed by atoms with Gasteiger partial charge in [-0.05, 0) is 42.2 Å². The fourth-order valence-electron chi connectivity index (χ4n) is 4.42. The third-order valence-corrected chi connectivity index (χ3v) is 5.96. The lowest BCUT2D eigenvalue weighted by Crippen LogP contribution is -2.51. The fourth-order valence-corrected chi connectivity index (χ4v) is 4.42. The second kappa shape index (κ2) is 7.53. The van der Waals surface area contributed by atoms with Gasteiger partial charge in [-0.3, -0.25) is 9.36 Å². The van der Waals surface area contributed by atoms with Gasteiger partial charge in [0.15, 0.2) is 0 Å². The molecule has 1 aromatic carbocycles. The molecule has 154 valence electrons. The van der Waals surface area contributed by atoms with E-state index >= 15 is 0 Å². The number of nitrogens with zero attached hydrogens (tertiary/aromatic N) is 5. The molecule has 5 rings (SSSR count). The number of aromatic nitrogens is 4. The summed E-state index contributed by atoms with van der Waals surface area (Å²) in [7, 11) is 3.44. The van der Waals surface area contributed by atoms with Crippen LogP contribution in [0.3, 0.4) is 0 Å². The van der Waals surface area contributed by atoms with Crippen molar-refractivity contribution in [3.8, 4) is 17.1 Å². The molecule has 3 aromatic rings. The zero-order valence-electron chi connectivity index (χ0n) is 17.0. The van der Waals surface area contributed by atoms with Crippen molar-refractivity contribution < 1.29 is 9.47 Å². The fraction of sp³-hybridized carbons (Fsp3) is 0.364. The molecule has 1 aliphatic carbocycles. The summed E-state index contributed by atoms with van der Waals surface area (Å²) in [5.41, 5.74) is 3.51. The summed E-state index contributed by atoms with van der Waals surface area (Å²) >= 11 is 0. The average molecular weight is 405 g/mol. The van der Waals surface area contributed by atoms with E-state index in [1.165, 1.54) is 18.0 Å². The molecule has 1 fully saturated rings. The van der Waals surface area contributed by atoms with Crippen molar-refractivity contribution in [2.75, 3.05) is 25.2 Å². The number of hydrogen-bond donors (Lipinski definition) is 0. The van der Waals surface area contributed by atoms with Crippen LogP contribution in [-0.4, -0.2) is 45.8 Å². The minimum Gasteiger partial charge on any atom is -0.497 e. The van der Waals surface area contributed by atoms with Gasteiger partial charge in [0.05, 0.1) is 31.1 Å². The van der Waals surface area contributed by atoms with Gasteiger partial charge in [0, 0.05) is 25.9 Å². The van der Waals surface area contributed by atoms with Crippen molar-refractivity contribution in [2.45, 2.75) is 25.0 Å². The van der Waals surface area contributed by atoms with Gasteiger partial charge in [-0.1, -0.05) is 6.07 Å². The zero-order valence-corrected chi connectivity index (χ0v) is 17.0. The number of rotatable bonds is 3. The topological polar surface area (TPSA) is 82.4 Å². The van der Waals surface area contributed by atoms with Gasteiger partial charge in [-0.2, -0.15) is 0 Å². The van der Waals surface area contributed by atoms with E-state index in [1.54, 1.807) is 31.0 Å². The van der Waals surface area contributed by atoms with E-state index in [0.717, 1.165) is 24.2 Å². The molecule has 2 aromatic heterocycles. The van der Waals surface area contributed by atoms with Crippen LogP contribution in [0.1, 0.15) is 23.7 Å². The van der Waals surface area contributed by atoms with Crippen molar-refractivity contribution in [1.29, 1.82) is 0 Å². The second-order valence-electron chi connectivity index (χ2n) is 7.59. The van der Waals surface area contributed by atoms with E-state index in [0.29, 0.717) is 30.5 Å². The van der Waals surface area contributed by atoms with Gasteiger partial charge in [0.1, 0.15) is 18.2 Å². The van der Waals surface area contributed by atoms with Crippen LogP contribution >= 0.6 is 0 Å². The lowest BCUT2D eigenvalue weighted by atomic mass is 9.84. The summed E-state index contributed by atoms with van der Waals surface area (Å²) in [6.07, 6.45) is 4.90. The lowest BCUT2D eigenvalue weighted by molar-refractivity contribution is 0.00164. The summed E-state index contributed by atoms with van der Waals surface area (Å²) < 4.78 is 13.2.